The monoisotopic (exact) mass is 358 g/mol. The molecule has 1 aromatic carbocycles. The van der Waals surface area contributed by atoms with Gasteiger partial charge < -0.3 is 0 Å². The summed E-state index contributed by atoms with van der Waals surface area (Å²) < 4.78 is 27.6. The summed E-state index contributed by atoms with van der Waals surface area (Å²) in [5, 5.41) is 0. The smallest absolute Gasteiger partial charge is 0.159 e. The van der Waals surface area contributed by atoms with E-state index < -0.39 is 6.17 Å². The average molecular weight is 358 g/mol. The number of hydrogen-bond acceptors (Lipinski definition) is 3. The SMILES string of the molecule is CCC(=O)C1CCC(C(F)Cc2cnc(-c3ccc(F)cc3)nc2)CC1. The fourth-order valence-electron chi connectivity index (χ4n) is 3.69. The first-order chi connectivity index (χ1) is 12.6. The molecule has 3 rings (SSSR count). The number of carbonyl (C=O) groups is 1. The predicted octanol–water partition coefficient (Wildman–Crippen LogP) is 4.95. The Labute approximate surface area is 152 Å². The summed E-state index contributed by atoms with van der Waals surface area (Å²) in [4.78, 5) is 20.3. The molecule has 0 spiro atoms. The Morgan fingerprint density at radius 1 is 1.12 bits per heavy atom. The Balaban J connectivity index is 1.56. The minimum Gasteiger partial charge on any atom is -0.299 e. The van der Waals surface area contributed by atoms with Crippen LogP contribution in [0.2, 0.25) is 0 Å². The summed E-state index contributed by atoms with van der Waals surface area (Å²) in [5.74, 6) is 0.641. The molecule has 26 heavy (non-hydrogen) atoms. The van der Waals surface area contributed by atoms with E-state index >= 15 is 0 Å². The van der Waals surface area contributed by atoms with Crippen molar-refractivity contribution in [2.75, 3.05) is 0 Å². The lowest BCUT2D eigenvalue weighted by atomic mass is 9.77. The van der Waals surface area contributed by atoms with E-state index in [1.807, 2.05) is 6.92 Å². The van der Waals surface area contributed by atoms with Gasteiger partial charge in [0.15, 0.2) is 5.82 Å². The highest BCUT2D eigenvalue weighted by Crippen LogP contribution is 2.34. The maximum atomic E-state index is 14.7. The normalized spacial score (nSPS) is 21.3. The van der Waals surface area contributed by atoms with E-state index in [1.165, 1.54) is 12.1 Å². The van der Waals surface area contributed by atoms with Gasteiger partial charge in [0.05, 0.1) is 0 Å². The number of halogens is 2. The van der Waals surface area contributed by atoms with Crippen molar-refractivity contribution >= 4 is 5.78 Å². The van der Waals surface area contributed by atoms with Crippen LogP contribution in [0.4, 0.5) is 8.78 Å². The topological polar surface area (TPSA) is 42.9 Å². The number of hydrogen-bond donors (Lipinski definition) is 0. The summed E-state index contributed by atoms with van der Waals surface area (Å²) in [6.45, 7) is 1.89. The Kier molecular flexibility index (Phi) is 6.07. The van der Waals surface area contributed by atoms with Crippen LogP contribution in [0.1, 0.15) is 44.6 Å². The van der Waals surface area contributed by atoms with Gasteiger partial charge >= 0.3 is 0 Å². The number of benzene rings is 1. The highest BCUT2D eigenvalue weighted by atomic mass is 19.1. The van der Waals surface area contributed by atoms with E-state index in [2.05, 4.69) is 9.97 Å². The largest absolute Gasteiger partial charge is 0.299 e. The van der Waals surface area contributed by atoms with Gasteiger partial charge in [0.1, 0.15) is 17.8 Å². The van der Waals surface area contributed by atoms with Crippen molar-refractivity contribution in [3.05, 3.63) is 48.0 Å². The van der Waals surface area contributed by atoms with Crippen LogP contribution >= 0.6 is 0 Å². The molecular formula is C21H24F2N2O. The second-order valence-corrected chi connectivity index (χ2v) is 7.07. The van der Waals surface area contributed by atoms with Gasteiger partial charge in [0.2, 0.25) is 0 Å². The molecule has 2 aromatic rings. The van der Waals surface area contributed by atoms with E-state index in [4.69, 9.17) is 0 Å². The number of ketones is 1. The third-order valence-corrected chi connectivity index (χ3v) is 5.33. The minimum atomic E-state index is -0.937. The van der Waals surface area contributed by atoms with E-state index in [0.717, 1.165) is 36.8 Å². The van der Waals surface area contributed by atoms with Crippen molar-refractivity contribution in [1.29, 1.82) is 0 Å². The molecule has 0 N–H and O–H groups in total. The van der Waals surface area contributed by atoms with Crippen molar-refractivity contribution in [3.8, 4) is 11.4 Å². The molecule has 1 aromatic heterocycles. The van der Waals surface area contributed by atoms with Crippen molar-refractivity contribution in [2.24, 2.45) is 11.8 Å². The van der Waals surface area contributed by atoms with Gasteiger partial charge in [-0.2, -0.15) is 0 Å². The average Bonchev–Trinajstić information content (AvgIpc) is 2.69. The molecule has 1 aliphatic rings. The van der Waals surface area contributed by atoms with Gasteiger partial charge in [0, 0.05) is 36.7 Å². The summed E-state index contributed by atoms with van der Waals surface area (Å²) in [7, 11) is 0. The van der Waals surface area contributed by atoms with Gasteiger partial charge in [-0.15, -0.1) is 0 Å². The molecule has 0 saturated heterocycles. The molecule has 1 aliphatic carbocycles. The molecule has 0 aliphatic heterocycles. The maximum absolute atomic E-state index is 14.7. The predicted molar refractivity (Wildman–Crippen MR) is 96.8 cm³/mol. The quantitative estimate of drug-likeness (QED) is 0.734. The summed E-state index contributed by atoms with van der Waals surface area (Å²) >= 11 is 0. The fraction of sp³-hybridized carbons (Fsp3) is 0.476. The third-order valence-electron chi connectivity index (χ3n) is 5.33. The van der Waals surface area contributed by atoms with Gasteiger partial charge in [-0.3, -0.25) is 4.79 Å². The zero-order valence-electron chi connectivity index (χ0n) is 15.0. The summed E-state index contributed by atoms with van der Waals surface area (Å²) in [6.07, 6.45) is 6.36. The number of Topliss-reactive ketones (excluding diaryl/α,β-unsaturated/α-hetero) is 1. The van der Waals surface area contributed by atoms with Gasteiger partial charge in [-0.25, -0.2) is 18.7 Å². The van der Waals surface area contributed by atoms with Crippen LogP contribution < -0.4 is 0 Å². The van der Waals surface area contributed by atoms with Crippen LogP contribution in [-0.4, -0.2) is 21.9 Å². The van der Waals surface area contributed by atoms with Crippen LogP contribution in [0.5, 0.6) is 0 Å². The minimum absolute atomic E-state index is 0.00711. The summed E-state index contributed by atoms with van der Waals surface area (Å²) in [6, 6.07) is 5.98. The molecule has 1 atom stereocenters. The first-order valence-electron chi connectivity index (χ1n) is 9.30. The van der Waals surface area contributed by atoms with Crippen LogP contribution in [0.3, 0.4) is 0 Å². The number of alkyl halides is 1. The summed E-state index contributed by atoms with van der Waals surface area (Å²) in [5.41, 5.74) is 1.49. The maximum Gasteiger partial charge on any atom is 0.159 e. The second-order valence-electron chi connectivity index (χ2n) is 7.07. The highest BCUT2D eigenvalue weighted by molar-refractivity contribution is 5.80. The molecule has 3 nitrogen and oxygen atoms in total. The van der Waals surface area contributed by atoms with E-state index in [1.54, 1.807) is 24.5 Å². The molecule has 5 heteroatoms. The third kappa shape index (κ3) is 4.51. The Morgan fingerprint density at radius 2 is 1.73 bits per heavy atom. The van der Waals surface area contributed by atoms with Crippen LogP contribution in [-0.2, 0) is 11.2 Å². The molecule has 0 bridgehead atoms. The van der Waals surface area contributed by atoms with Crippen LogP contribution in [0.25, 0.3) is 11.4 Å². The number of nitrogens with zero attached hydrogens (tertiary/aromatic N) is 2. The lowest BCUT2D eigenvalue weighted by Crippen LogP contribution is -2.27. The van der Waals surface area contributed by atoms with Crippen molar-refractivity contribution < 1.29 is 13.6 Å². The first kappa shape index (κ1) is 18.6. The Morgan fingerprint density at radius 3 is 2.31 bits per heavy atom. The standard InChI is InChI=1S/C21H24F2N2O/c1-2-20(26)16-5-3-15(4-6-16)19(23)11-14-12-24-21(25-13-14)17-7-9-18(22)10-8-17/h7-10,12-13,15-16,19H,2-6,11H2,1H3. The van der Waals surface area contributed by atoms with Crippen LogP contribution in [0.15, 0.2) is 36.7 Å². The molecule has 1 heterocycles. The molecule has 1 fully saturated rings. The van der Waals surface area contributed by atoms with E-state index in [-0.39, 0.29) is 17.7 Å². The van der Waals surface area contributed by atoms with Gasteiger partial charge in [-0.1, -0.05) is 6.92 Å². The van der Waals surface area contributed by atoms with Crippen molar-refractivity contribution in [2.45, 2.75) is 51.6 Å². The second kappa shape index (κ2) is 8.47. The fourth-order valence-corrected chi connectivity index (χ4v) is 3.69. The molecule has 138 valence electrons. The van der Waals surface area contributed by atoms with Gasteiger partial charge in [0.25, 0.3) is 0 Å². The lowest BCUT2D eigenvalue weighted by molar-refractivity contribution is -0.123. The zero-order valence-corrected chi connectivity index (χ0v) is 15.0. The van der Waals surface area contributed by atoms with E-state index in [0.29, 0.717) is 24.4 Å². The molecule has 0 radical (unpaired) electrons. The van der Waals surface area contributed by atoms with Gasteiger partial charge in [-0.05, 0) is 61.4 Å². The molecule has 1 unspecified atom stereocenters. The Bertz CT molecular complexity index is 723. The molecular weight excluding hydrogens is 334 g/mol. The molecule has 0 amide bonds. The van der Waals surface area contributed by atoms with Crippen molar-refractivity contribution in [3.63, 3.8) is 0 Å². The van der Waals surface area contributed by atoms with E-state index in [9.17, 15) is 13.6 Å². The van der Waals surface area contributed by atoms with Crippen molar-refractivity contribution in [1.82, 2.24) is 9.97 Å². The zero-order chi connectivity index (χ0) is 18.5. The molecule has 1 saturated carbocycles. The highest BCUT2D eigenvalue weighted by Gasteiger charge is 2.30. The number of aromatic nitrogens is 2. The first-order valence-corrected chi connectivity index (χ1v) is 9.30. The number of carbonyl (C=O) groups excluding carboxylic acids is 1. The lowest BCUT2D eigenvalue weighted by Gasteiger charge is -2.29. The van der Waals surface area contributed by atoms with Crippen LogP contribution in [0, 0.1) is 17.7 Å². The Hall–Kier alpha value is -2.17. The number of rotatable bonds is 6.